The molecular weight excluding hydrogens is 278 g/mol. The molecule has 0 bridgehead atoms. The fourth-order valence-electron chi connectivity index (χ4n) is 2.16. The van der Waals surface area contributed by atoms with Crippen LogP contribution in [0.2, 0.25) is 0 Å². The lowest BCUT2D eigenvalue weighted by molar-refractivity contribution is 0.557. The first-order valence-corrected chi connectivity index (χ1v) is 8.46. The van der Waals surface area contributed by atoms with Crippen molar-refractivity contribution in [1.29, 1.82) is 0 Å². The van der Waals surface area contributed by atoms with Crippen molar-refractivity contribution in [2.45, 2.75) is 52.5 Å². The highest BCUT2D eigenvalue weighted by Gasteiger charge is 2.23. The monoisotopic (exact) mass is 303 g/mol. The van der Waals surface area contributed by atoms with Crippen molar-refractivity contribution in [3.8, 4) is 10.7 Å². The van der Waals surface area contributed by atoms with Crippen molar-refractivity contribution >= 4 is 11.3 Å². The predicted molar refractivity (Wildman–Crippen MR) is 90.7 cm³/mol. The fourth-order valence-corrected chi connectivity index (χ4v) is 3.38. The molecule has 0 spiro atoms. The van der Waals surface area contributed by atoms with Crippen LogP contribution in [0.1, 0.15) is 51.1 Å². The van der Waals surface area contributed by atoms with Gasteiger partial charge in [-0.15, -0.1) is 11.3 Å². The molecule has 0 aliphatic rings. The SMILES string of the molecule is CCCCNCc1sc(-c2ccccn2)nc1C(C)(C)C. The molecule has 0 amide bonds. The molecule has 2 heterocycles. The molecule has 0 saturated heterocycles. The molecule has 2 aromatic heterocycles. The van der Waals surface area contributed by atoms with E-state index in [4.69, 9.17) is 4.98 Å². The van der Waals surface area contributed by atoms with E-state index in [1.54, 1.807) is 11.3 Å². The van der Waals surface area contributed by atoms with Crippen LogP contribution in [0.5, 0.6) is 0 Å². The number of thiazole rings is 1. The van der Waals surface area contributed by atoms with Crippen molar-refractivity contribution in [2.24, 2.45) is 0 Å². The van der Waals surface area contributed by atoms with Gasteiger partial charge in [0.15, 0.2) is 0 Å². The van der Waals surface area contributed by atoms with Crippen LogP contribution < -0.4 is 5.32 Å². The summed E-state index contributed by atoms with van der Waals surface area (Å²) in [4.78, 5) is 10.6. The standard InChI is InChI=1S/C17H25N3S/c1-5-6-10-18-12-14-15(17(2,3)4)20-16(21-14)13-9-7-8-11-19-13/h7-9,11,18H,5-6,10,12H2,1-4H3. The summed E-state index contributed by atoms with van der Waals surface area (Å²) in [6, 6.07) is 5.98. The summed E-state index contributed by atoms with van der Waals surface area (Å²) in [5, 5.41) is 4.55. The molecule has 0 aromatic carbocycles. The number of pyridine rings is 1. The Labute approximate surface area is 131 Å². The molecule has 0 aliphatic carbocycles. The first kappa shape index (κ1) is 16.1. The molecule has 0 radical (unpaired) electrons. The maximum atomic E-state index is 4.87. The van der Waals surface area contributed by atoms with Crippen LogP contribution in [0.3, 0.4) is 0 Å². The second-order valence-corrected chi connectivity index (χ2v) is 7.37. The van der Waals surface area contributed by atoms with Gasteiger partial charge >= 0.3 is 0 Å². The maximum absolute atomic E-state index is 4.87. The van der Waals surface area contributed by atoms with Gasteiger partial charge in [-0.25, -0.2) is 4.98 Å². The highest BCUT2D eigenvalue weighted by Crippen LogP contribution is 2.33. The van der Waals surface area contributed by atoms with Gasteiger partial charge in [0.05, 0.1) is 11.4 Å². The van der Waals surface area contributed by atoms with E-state index >= 15 is 0 Å². The normalized spacial score (nSPS) is 11.8. The summed E-state index contributed by atoms with van der Waals surface area (Å²) in [7, 11) is 0. The van der Waals surface area contributed by atoms with E-state index in [0.29, 0.717) is 0 Å². The van der Waals surface area contributed by atoms with Gasteiger partial charge in [0.2, 0.25) is 0 Å². The van der Waals surface area contributed by atoms with Crippen LogP contribution in [0.25, 0.3) is 10.7 Å². The molecule has 0 unspecified atom stereocenters. The topological polar surface area (TPSA) is 37.8 Å². The summed E-state index contributed by atoms with van der Waals surface area (Å²) in [5.41, 5.74) is 2.22. The smallest absolute Gasteiger partial charge is 0.142 e. The van der Waals surface area contributed by atoms with Gasteiger partial charge in [-0.2, -0.15) is 0 Å². The zero-order valence-electron chi connectivity index (χ0n) is 13.4. The summed E-state index contributed by atoms with van der Waals surface area (Å²) < 4.78 is 0. The number of hydrogen-bond acceptors (Lipinski definition) is 4. The highest BCUT2D eigenvalue weighted by atomic mass is 32.1. The molecular formula is C17H25N3S. The van der Waals surface area contributed by atoms with Crippen LogP contribution in [-0.2, 0) is 12.0 Å². The zero-order chi connectivity index (χ0) is 15.3. The number of rotatable bonds is 6. The van der Waals surface area contributed by atoms with E-state index in [1.165, 1.54) is 23.4 Å². The van der Waals surface area contributed by atoms with Crippen molar-refractivity contribution in [3.05, 3.63) is 35.0 Å². The van der Waals surface area contributed by atoms with Gasteiger partial charge in [0.1, 0.15) is 5.01 Å². The van der Waals surface area contributed by atoms with E-state index in [1.807, 2.05) is 24.4 Å². The molecule has 2 rings (SSSR count). The van der Waals surface area contributed by atoms with Crippen LogP contribution in [0.15, 0.2) is 24.4 Å². The Morgan fingerprint density at radius 1 is 1.24 bits per heavy atom. The average molecular weight is 303 g/mol. The van der Waals surface area contributed by atoms with Crippen molar-refractivity contribution < 1.29 is 0 Å². The van der Waals surface area contributed by atoms with Crippen molar-refractivity contribution in [3.63, 3.8) is 0 Å². The minimum atomic E-state index is 0.0608. The third-order valence-electron chi connectivity index (χ3n) is 3.28. The quantitative estimate of drug-likeness (QED) is 0.804. The van der Waals surface area contributed by atoms with Crippen LogP contribution >= 0.6 is 11.3 Å². The van der Waals surface area contributed by atoms with Crippen LogP contribution in [-0.4, -0.2) is 16.5 Å². The van der Waals surface area contributed by atoms with E-state index < -0.39 is 0 Å². The number of aromatic nitrogens is 2. The summed E-state index contributed by atoms with van der Waals surface area (Å²) >= 11 is 1.76. The Kier molecular flexibility index (Phi) is 5.48. The third kappa shape index (κ3) is 4.35. The van der Waals surface area contributed by atoms with Crippen LogP contribution in [0, 0.1) is 0 Å². The Morgan fingerprint density at radius 3 is 2.67 bits per heavy atom. The molecule has 0 atom stereocenters. The summed E-state index contributed by atoms with van der Waals surface area (Å²) in [5.74, 6) is 0. The van der Waals surface area contributed by atoms with Gasteiger partial charge in [-0.1, -0.05) is 40.2 Å². The van der Waals surface area contributed by atoms with Crippen molar-refractivity contribution in [1.82, 2.24) is 15.3 Å². The Bertz CT molecular complexity index is 555. The number of nitrogens with zero attached hydrogens (tertiary/aromatic N) is 2. The summed E-state index contributed by atoms with van der Waals surface area (Å²) in [6.45, 7) is 10.8. The van der Waals surface area contributed by atoms with Gasteiger partial charge in [-0.05, 0) is 25.1 Å². The second kappa shape index (κ2) is 7.14. The third-order valence-corrected chi connectivity index (χ3v) is 4.36. The minimum Gasteiger partial charge on any atom is -0.312 e. The first-order valence-electron chi connectivity index (χ1n) is 7.64. The van der Waals surface area contributed by atoms with E-state index in [0.717, 1.165) is 23.8 Å². The Morgan fingerprint density at radius 2 is 2.05 bits per heavy atom. The van der Waals surface area contributed by atoms with Gasteiger partial charge in [0.25, 0.3) is 0 Å². The molecule has 2 aromatic rings. The van der Waals surface area contributed by atoms with E-state index in [9.17, 15) is 0 Å². The lowest BCUT2D eigenvalue weighted by Gasteiger charge is -2.17. The molecule has 4 heteroatoms. The molecule has 1 N–H and O–H groups in total. The Hall–Kier alpha value is -1.26. The van der Waals surface area contributed by atoms with Gasteiger partial charge in [0, 0.05) is 23.0 Å². The van der Waals surface area contributed by atoms with E-state index in [-0.39, 0.29) is 5.41 Å². The van der Waals surface area contributed by atoms with Crippen molar-refractivity contribution in [2.75, 3.05) is 6.54 Å². The predicted octanol–water partition coefficient (Wildman–Crippen LogP) is 4.39. The number of nitrogens with one attached hydrogen (secondary N) is 1. The first-order chi connectivity index (χ1) is 10.0. The fraction of sp³-hybridized carbons (Fsp3) is 0.529. The largest absolute Gasteiger partial charge is 0.312 e. The molecule has 0 fully saturated rings. The van der Waals surface area contributed by atoms with Gasteiger partial charge < -0.3 is 5.32 Å². The second-order valence-electron chi connectivity index (χ2n) is 6.29. The number of hydrogen-bond donors (Lipinski definition) is 1. The van der Waals surface area contributed by atoms with Gasteiger partial charge in [-0.3, -0.25) is 4.98 Å². The summed E-state index contributed by atoms with van der Waals surface area (Å²) in [6.07, 6.45) is 4.27. The zero-order valence-corrected chi connectivity index (χ0v) is 14.3. The molecule has 114 valence electrons. The van der Waals surface area contributed by atoms with Crippen LogP contribution in [0.4, 0.5) is 0 Å². The minimum absolute atomic E-state index is 0.0608. The molecule has 0 saturated carbocycles. The number of unbranched alkanes of at least 4 members (excludes halogenated alkanes) is 1. The molecule has 3 nitrogen and oxygen atoms in total. The van der Waals surface area contributed by atoms with E-state index in [2.05, 4.69) is 38.0 Å². The maximum Gasteiger partial charge on any atom is 0.142 e. The molecule has 21 heavy (non-hydrogen) atoms. The highest BCUT2D eigenvalue weighted by molar-refractivity contribution is 7.15. The average Bonchev–Trinajstić information content (AvgIpc) is 2.89. The lowest BCUT2D eigenvalue weighted by atomic mass is 9.91. The Balaban J connectivity index is 2.23. The molecule has 0 aliphatic heterocycles. The lowest BCUT2D eigenvalue weighted by Crippen LogP contribution is -2.19.